The van der Waals surface area contributed by atoms with Gasteiger partial charge < -0.3 is 19.3 Å². The van der Waals surface area contributed by atoms with E-state index in [2.05, 4.69) is 15.5 Å². The van der Waals surface area contributed by atoms with E-state index in [9.17, 15) is 0 Å². The van der Waals surface area contributed by atoms with Gasteiger partial charge in [-0.1, -0.05) is 11.2 Å². The van der Waals surface area contributed by atoms with Crippen LogP contribution in [0, 0.1) is 0 Å². The van der Waals surface area contributed by atoms with Gasteiger partial charge in [0, 0.05) is 12.5 Å². The maximum Gasteiger partial charge on any atom is 0.229 e. The maximum absolute atomic E-state index is 5.73. The molecule has 0 spiro atoms. The molecule has 1 aliphatic carbocycles. The fourth-order valence-electron chi connectivity index (χ4n) is 2.11. The van der Waals surface area contributed by atoms with Gasteiger partial charge in [0.1, 0.15) is 0 Å². The topological polar surface area (TPSA) is 69.4 Å². The molecular formula is C15H19N3O3. The summed E-state index contributed by atoms with van der Waals surface area (Å²) in [5, 5.41) is 7.04. The van der Waals surface area contributed by atoms with Crippen LogP contribution in [-0.2, 0) is 13.2 Å². The summed E-state index contributed by atoms with van der Waals surface area (Å²) in [6, 6.07) is 5.85. The van der Waals surface area contributed by atoms with Gasteiger partial charge in [-0.25, -0.2) is 0 Å². The quantitative estimate of drug-likeness (QED) is 0.843. The number of aromatic nitrogens is 2. The van der Waals surface area contributed by atoms with Crippen molar-refractivity contribution in [1.29, 1.82) is 0 Å². The highest BCUT2D eigenvalue weighted by Gasteiger charge is 2.29. The highest BCUT2D eigenvalue weighted by atomic mass is 16.5. The molecule has 2 aromatic rings. The Bertz CT molecular complexity index is 608. The van der Waals surface area contributed by atoms with Gasteiger partial charge in [-0.2, -0.15) is 4.98 Å². The van der Waals surface area contributed by atoms with Gasteiger partial charge in [0.25, 0.3) is 0 Å². The second-order valence-electron chi connectivity index (χ2n) is 5.13. The number of rotatable bonds is 7. The van der Waals surface area contributed by atoms with Crippen molar-refractivity contribution in [2.45, 2.75) is 31.9 Å². The van der Waals surface area contributed by atoms with E-state index in [1.54, 1.807) is 7.11 Å². The minimum Gasteiger partial charge on any atom is -0.493 e. The number of benzene rings is 1. The Hall–Kier alpha value is -2.08. The van der Waals surface area contributed by atoms with Gasteiger partial charge in [-0.3, -0.25) is 0 Å². The van der Waals surface area contributed by atoms with Gasteiger partial charge in [0.2, 0.25) is 11.7 Å². The van der Waals surface area contributed by atoms with Gasteiger partial charge in [-0.05, 0) is 37.6 Å². The number of hydrogen-bond donors (Lipinski definition) is 1. The van der Waals surface area contributed by atoms with Crippen LogP contribution in [0.5, 0.6) is 11.5 Å². The lowest BCUT2D eigenvalue weighted by Gasteiger charge is -2.11. The summed E-state index contributed by atoms with van der Waals surface area (Å²) in [7, 11) is 3.54. The smallest absolute Gasteiger partial charge is 0.229 e. The second-order valence-corrected chi connectivity index (χ2v) is 5.13. The summed E-state index contributed by atoms with van der Waals surface area (Å²) in [4.78, 5) is 4.34. The molecule has 21 heavy (non-hydrogen) atoms. The summed E-state index contributed by atoms with van der Waals surface area (Å²) >= 11 is 0. The minimum atomic E-state index is 0.276. The van der Waals surface area contributed by atoms with Crippen molar-refractivity contribution in [3.8, 4) is 11.5 Å². The predicted molar refractivity (Wildman–Crippen MR) is 76.4 cm³/mol. The number of nitrogens with one attached hydrogen (secondary N) is 1. The zero-order valence-corrected chi connectivity index (χ0v) is 12.3. The van der Waals surface area contributed by atoms with Crippen LogP contribution in [0.2, 0.25) is 0 Å². The molecule has 1 saturated carbocycles. The predicted octanol–water partition coefficient (Wildman–Crippen LogP) is 2.25. The Labute approximate surface area is 123 Å². The summed E-state index contributed by atoms with van der Waals surface area (Å²) in [5.41, 5.74) is 1.14. The summed E-state index contributed by atoms with van der Waals surface area (Å²) in [5.74, 6) is 3.13. The molecule has 0 aliphatic heterocycles. The SMILES string of the molecule is CNCc1ccc(OCc2noc(C3CC3)n2)c(OC)c1. The molecule has 0 saturated heterocycles. The Balaban J connectivity index is 1.65. The zero-order valence-electron chi connectivity index (χ0n) is 12.3. The van der Waals surface area contributed by atoms with E-state index < -0.39 is 0 Å². The van der Waals surface area contributed by atoms with Crippen molar-refractivity contribution in [2.24, 2.45) is 0 Å². The standard InChI is InChI=1S/C15H19N3O3/c1-16-8-10-3-6-12(13(7-10)19-2)20-9-14-17-15(21-18-14)11-4-5-11/h3,6-7,11,16H,4-5,8-9H2,1-2H3. The Morgan fingerprint density at radius 2 is 2.19 bits per heavy atom. The zero-order chi connectivity index (χ0) is 14.7. The van der Waals surface area contributed by atoms with Crippen LogP contribution >= 0.6 is 0 Å². The van der Waals surface area contributed by atoms with Crippen molar-refractivity contribution < 1.29 is 14.0 Å². The van der Waals surface area contributed by atoms with Gasteiger partial charge in [0.15, 0.2) is 18.1 Å². The van der Waals surface area contributed by atoms with Crippen molar-refractivity contribution in [1.82, 2.24) is 15.5 Å². The highest BCUT2D eigenvalue weighted by Crippen LogP contribution is 2.38. The van der Waals surface area contributed by atoms with Crippen molar-refractivity contribution >= 4 is 0 Å². The van der Waals surface area contributed by atoms with Crippen LogP contribution in [0.1, 0.15) is 36.0 Å². The number of nitrogens with zero attached hydrogens (tertiary/aromatic N) is 2. The summed E-state index contributed by atoms with van der Waals surface area (Å²) < 4.78 is 16.3. The van der Waals surface area contributed by atoms with Crippen LogP contribution in [0.4, 0.5) is 0 Å². The monoisotopic (exact) mass is 289 g/mol. The van der Waals surface area contributed by atoms with Gasteiger partial charge in [0.05, 0.1) is 7.11 Å². The lowest BCUT2D eigenvalue weighted by molar-refractivity contribution is 0.269. The Kier molecular flexibility index (Phi) is 4.06. The van der Waals surface area contributed by atoms with Gasteiger partial charge in [-0.15, -0.1) is 0 Å². The highest BCUT2D eigenvalue weighted by molar-refractivity contribution is 5.42. The lowest BCUT2D eigenvalue weighted by atomic mass is 10.2. The van der Waals surface area contributed by atoms with E-state index in [4.69, 9.17) is 14.0 Å². The van der Waals surface area contributed by atoms with Crippen molar-refractivity contribution in [2.75, 3.05) is 14.2 Å². The molecule has 6 heteroatoms. The second kappa shape index (κ2) is 6.13. The van der Waals surface area contributed by atoms with E-state index in [1.165, 1.54) is 0 Å². The molecule has 6 nitrogen and oxygen atoms in total. The molecule has 1 heterocycles. The average molecular weight is 289 g/mol. The minimum absolute atomic E-state index is 0.276. The first-order valence-corrected chi connectivity index (χ1v) is 7.07. The Morgan fingerprint density at radius 1 is 1.33 bits per heavy atom. The van der Waals surface area contributed by atoms with E-state index in [0.29, 0.717) is 23.2 Å². The van der Waals surface area contributed by atoms with Crippen LogP contribution in [0.15, 0.2) is 22.7 Å². The van der Waals surface area contributed by atoms with Gasteiger partial charge >= 0.3 is 0 Å². The van der Waals surface area contributed by atoms with Crippen LogP contribution in [0.25, 0.3) is 0 Å². The average Bonchev–Trinajstić information content (AvgIpc) is 3.25. The first-order valence-electron chi connectivity index (χ1n) is 7.07. The molecule has 1 fully saturated rings. The fourth-order valence-corrected chi connectivity index (χ4v) is 2.11. The third-order valence-electron chi connectivity index (χ3n) is 3.38. The molecule has 112 valence electrons. The fraction of sp³-hybridized carbons (Fsp3) is 0.467. The molecule has 1 aliphatic rings. The maximum atomic E-state index is 5.73. The normalized spacial score (nSPS) is 14.2. The summed E-state index contributed by atoms with van der Waals surface area (Å²) in [6.07, 6.45) is 2.28. The third-order valence-corrected chi connectivity index (χ3v) is 3.38. The molecule has 1 aromatic carbocycles. The molecule has 0 amide bonds. The van der Waals surface area contributed by atoms with Crippen LogP contribution < -0.4 is 14.8 Å². The van der Waals surface area contributed by atoms with Crippen LogP contribution in [-0.4, -0.2) is 24.3 Å². The van der Waals surface area contributed by atoms with E-state index in [0.717, 1.165) is 30.8 Å². The molecule has 0 atom stereocenters. The molecule has 1 N–H and O–H groups in total. The third kappa shape index (κ3) is 3.33. The first-order chi connectivity index (χ1) is 10.3. The van der Waals surface area contributed by atoms with E-state index >= 15 is 0 Å². The lowest BCUT2D eigenvalue weighted by Crippen LogP contribution is -2.06. The van der Waals surface area contributed by atoms with Crippen molar-refractivity contribution in [3.63, 3.8) is 0 Å². The largest absolute Gasteiger partial charge is 0.493 e. The molecule has 0 radical (unpaired) electrons. The van der Waals surface area contributed by atoms with Crippen molar-refractivity contribution in [3.05, 3.63) is 35.5 Å². The van der Waals surface area contributed by atoms with Crippen LogP contribution in [0.3, 0.4) is 0 Å². The molecule has 0 bridgehead atoms. The summed E-state index contributed by atoms with van der Waals surface area (Å²) in [6.45, 7) is 1.06. The number of ether oxygens (including phenoxy) is 2. The number of methoxy groups -OCH3 is 1. The number of hydrogen-bond acceptors (Lipinski definition) is 6. The van der Waals surface area contributed by atoms with E-state index in [1.807, 2.05) is 25.2 Å². The van der Waals surface area contributed by atoms with E-state index in [-0.39, 0.29) is 6.61 Å². The molecule has 0 unspecified atom stereocenters. The molecule has 3 rings (SSSR count). The first kappa shape index (κ1) is 13.9. The molecule has 1 aromatic heterocycles. The Morgan fingerprint density at radius 3 is 2.90 bits per heavy atom. The molecular weight excluding hydrogens is 270 g/mol.